The van der Waals surface area contributed by atoms with E-state index in [4.69, 9.17) is 4.74 Å². The summed E-state index contributed by atoms with van der Waals surface area (Å²) in [7, 11) is 0. The van der Waals surface area contributed by atoms with Gasteiger partial charge in [-0.05, 0) is 30.6 Å². The maximum absolute atomic E-state index is 13.1. The van der Waals surface area contributed by atoms with Crippen molar-refractivity contribution >= 4 is 23.8 Å². The van der Waals surface area contributed by atoms with Crippen molar-refractivity contribution in [1.82, 2.24) is 10.2 Å². The molecule has 0 unspecified atom stereocenters. The second-order valence-electron chi connectivity index (χ2n) is 6.68. The van der Waals surface area contributed by atoms with Gasteiger partial charge in [0.25, 0.3) is 0 Å². The maximum Gasteiger partial charge on any atom is 0.408 e. The van der Waals surface area contributed by atoms with E-state index in [9.17, 15) is 22.8 Å². The predicted molar refractivity (Wildman–Crippen MR) is 94.9 cm³/mol. The molecule has 1 N–H and O–H groups in total. The van der Waals surface area contributed by atoms with Gasteiger partial charge >= 0.3 is 12.3 Å². The topological polar surface area (TPSA) is 58.6 Å². The number of carbonyl (C=O) groups excluding carboxylic acids is 2. The molecule has 3 atom stereocenters. The van der Waals surface area contributed by atoms with Crippen molar-refractivity contribution in [3.05, 3.63) is 35.9 Å². The van der Waals surface area contributed by atoms with E-state index >= 15 is 0 Å². The third-order valence-electron chi connectivity index (χ3n) is 4.79. The zero-order valence-corrected chi connectivity index (χ0v) is 15.4. The number of nitrogens with one attached hydrogen (secondary N) is 1. The Morgan fingerprint density at radius 2 is 1.96 bits per heavy atom. The number of thioether (sulfide) groups is 1. The Hall–Kier alpha value is -1.90. The summed E-state index contributed by atoms with van der Waals surface area (Å²) in [6.07, 6.45) is -4.36. The minimum Gasteiger partial charge on any atom is -0.445 e. The van der Waals surface area contributed by atoms with Gasteiger partial charge < -0.3 is 15.0 Å². The van der Waals surface area contributed by atoms with Crippen molar-refractivity contribution in [2.24, 2.45) is 5.92 Å². The highest BCUT2D eigenvalue weighted by Crippen LogP contribution is 2.39. The van der Waals surface area contributed by atoms with E-state index in [2.05, 4.69) is 5.32 Å². The van der Waals surface area contributed by atoms with E-state index < -0.39 is 30.1 Å². The molecule has 27 heavy (non-hydrogen) atoms. The van der Waals surface area contributed by atoms with E-state index in [0.29, 0.717) is 18.6 Å². The van der Waals surface area contributed by atoms with Crippen molar-refractivity contribution in [1.29, 1.82) is 0 Å². The summed E-state index contributed by atoms with van der Waals surface area (Å²) >= 11 is 1.47. The minimum atomic E-state index is -4.32. The molecule has 2 aliphatic rings. The number of hydrogen-bond acceptors (Lipinski definition) is 4. The van der Waals surface area contributed by atoms with E-state index in [-0.39, 0.29) is 24.9 Å². The monoisotopic (exact) mass is 402 g/mol. The summed E-state index contributed by atoms with van der Waals surface area (Å²) < 4.78 is 44.3. The molecule has 1 aromatic carbocycles. The predicted octanol–water partition coefficient (Wildman–Crippen LogP) is 3.55. The average molecular weight is 402 g/mol. The Balaban J connectivity index is 1.59. The largest absolute Gasteiger partial charge is 0.445 e. The summed E-state index contributed by atoms with van der Waals surface area (Å²) in [5.74, 6) is -1.38. The van der Waals surface area contributed by atoms with Gasteiger partial charge in [0.2, 0.25) is 5.91 Å². The summed E-state index contributed by atoms with van der Waals surface area (Å²) in [5, 5.41) is 2.26. The molecular weight excluding hydrogens is 381 g/mol. The van der Waals surface area contributed by atoms with Crippen molar-refractivity contribution in [3.8, 4) is 0 Å². The zero-order chi connectivity index (χ0) is 19.4. The maximum atomic E-state index is 13.1. The van der Waals surface area contributed by atoms with Crippen molar-refractivity contribution < 1.29 is 27.5 Å². The molecule has 0 bridgehead atoms. The van der Waals surface area contributed by atoms with Crippen LogP contribution in [0, 0.1) is 5.92 Å². The number of benzene rings is 1. The number of hydrogen-bond donors (Lipinski definition) is 1. The first kappa shape index (κ1) is 19.9. The van der Waals surface area contributed by atoms with Crippen molar-refractivity contribution in [3.63, 3.8) is 0 Å². The van der Waals surface area contributed by atoms with Gasteiger partial charge in [0.1, 0.15) is 12.6 Å². The van der Waals surface area contributed by atoms with Gasteiger partial charge in [0.15, 0.2) is 0 Å². The quantitative estimate of drug-likeness (QED) is 0.840. The molecular formula is C18H21F3N2O3S. The third kappa shape index (κ3) is 5.09. The lowest BCUT2D eigenvalue weighted by Crippen LogP contribution is -2.54. The lowest BCUT2D eigenvalue weighted by molar-refractivity contribution is -0.189. The van der Waals surface area contributed by atoms with Crippen LogP contribution < -0.4 is 5.32 Å². The second kappa shape index (κ2) is 8.41. The van der Waals surface area contributed by atoms with Gasteiger partial charge in [0, 0.05) is 6.54 Å². The molecule has 2 amide bonds. The molecule has 2 aliphatic heterocycles. The van der Waals surface area contributed by atoms with Gasteiger partial charge in [-0.25, -0.2) is 4.79 Å². The molecule has 0 aromatic heterocycles. The van der Waals surface area contributed by atoms with Gasteiger partial charge in [-0.2, -0.15) is 13.2 Å². The number of nitrogens with zero attached hydrogens (tertiary/aromatic N) is 1. The molecule has 2 saturated heterocycles. The summed E-state index contributed by atoms with van der Waals surface area (Å²) in [5.41, 5.74) is 0.805. The fourth-order valence-corrected chi connectivity index (χ4v) is 4.62. The SMILES string of the molecule is O=C(N[C@H]1CCS[C@H]2CC[C@H](C(F)(F)F)CN2C1=O)OCc1ccccc1. The molecule has 2 heterocycles. The molecule has 2 fully saturated rings. The van der Waals surface area contributed by atoms with Crippen LogP contribution in [0.15, 0.2) is 30.3 Å². The molecule has 5 nitrogen and oxygen atoms in total. The number of ether oxygens (including phenoxy) is 1. The number of fused-ring (bicyclic) bond motifs is 1. The lowest BCUT2D eigenvalue weighted by atomic mass is 9.96. The first-order chi connectivity index (χ1) is 12.8. The molecule has 0 radical (unpaired) electrons. The Bertz CT molecular complexity index is 672. The van der Waals surface area contributed by atoms with Crippen LogP contribution in [0.2, 0.25) is 0 Å². The Morgan fingerprint density at radius 3 is 2.67 bits per heavy atom. The van der Waals surface area contributed by atoms with Crippen LogP contribution >= 0.6 is 11.8 Å². The fraction of sp³-hybridized carbons (Fsp3) is 0.556. The van der Waals surface area contributed by atoms with E-state index in [1.807, 2.05) is 18.2 Å². The first-order valence-corrected chi connectivity index (χ1v) is 9.85. The third-order valence-corrected chi connectivity index (χ3v) is 6.14. The van der Waals surface area contributed by atoms with E-state index in [0.717, 1.165) is 5.56 Å². The average Bonchev–Trinajstić information content (AvgIpc) is 2.79. The lowest BCUT2D eigenvalue weighted by Gasteiger charge is -2.39. The number of amides is 2. The van der Waals surface area contributed by atoms with Crippen LogP contribution in [-0.2, 0) is 16.1 Å². The van der Waals surface area contributed by atoms with Gasteiger partial charge in [-0.15, -0.1) is 11.8 Å². The number of alkyl halides is 3. The fourth-order valence-electron chi connectivity index (χ4n) is 3.30. The van der Waals surface area contributed by atoms with Crippen LogP contribution in [0.5, 0.6) is 0 Å². The Kier molecular flexibility index (Phi) is 6.18. The smallest absolute Gasteiger partial charge is 0.408 e. The molecule has 0 saturated carbocycles. The van der Waals surface area contributed by atoms with E-state index in [1.54, 1.807) is 12.1 Å². The number of rotatable bonds is 3. The van der Waals surface area contributed by atoms with Crippen LogP contribution in [0.4, 0.5) is 18.0 Å². The van der Waals surface area contributed by atoms with Crippen molar-refractivity contribution in [2.45, 2.75) is 43.5 Å². The Morgan fingerprint density at radius 1 is 1.22 bits per heavy atom. The van der Waals surface area contributed by atoms with Gasteiger partial charge in [0.05, 0.1) is 11.3 Å². The summed E-state index contributed by atoms with van der Waals surface area (Å²) in [6, 6.07) is 8.21. The highest BCUT2D eigenvalue weighted by Gasteiger charge is 2.47. The van der Waals surface area contributed by atoms with Crippen LogP contribution in [0.3, 0.4) is 0 Å². The zero-order valence-electron chi connectivity index (χ0n) is 14.6. The van der Waals surface area contributed by atoms with Crippen LogP contribution in [-0.4, -0.2) is 46.8 Å². The number of piperidine rings is 1. The van der Waals surface area contributed by atoms with Gasteiger partial charge in [-0.3, -0.25) is 4.79 Å². The summed E-state index contributed by atoms with van der Waals surface area (Å²) in [6.45, 7) is -0.290. The normalized spacial score (nSPS) is 26.1. The highest BCUT2D eigenvalue weighted by atomic mass is 32.2. The molecule has 0 aliphatic carbocycles. The summed E-state index contributed by atoms with van der Waals surface area (Å²) in [4.78, 5) is 26.1. The highest BCUT2D eigenvalue weighted by molar-refractivity contribution is 7.99. The standard InChI is InChI=1S/C18H21F3N2O3S/c19-18(20,21)13-6-7-15-23(10-13)16(24)14(8-9-27-15)22-17(25)26-11-12-4-2-1-3-5-12/h1-5,13-15H,6-11H2,(H,22,25)/t13-,14-,15-/m0/s1. The van der Waals surface area contributed by atoms with E-state index in [1.165, 1.54) is 16.7 Å². The molecule has 1 aromatic rings. The molecule has 148 valence electrons. The molecule has 3 rings (SSSR count). The second-order valence-corrected chi connectivity index (χ2v) is 7.96. The van der Waals surface area contributed by atoms with Crippen LogP contribution in [0.25, 0.3) is 0 Å². The number of carbonyl (C=O) groups is 2. The number of alkyl carbamates (subject to hydrolysis) is 1. The first-order valence-electron chi connectivity index (χ1n) is 8.80. The Labute approximate surface area is 159 Å². The van der Waals surface area contributed by atoms with Gasteiger partial charge in [-0.1, -0.05) is 30.3 Å². The van der Waals surface area contributed by atoms with Crippen LogP contribution in [0.1, 0.15) is 24.8 Å². The number of halogens is 3. The minimum absolute atomic E-state index is 0.0299. The molecule has 0 spiro atoms. The van der Waals surface area contributed by atoms with Crippen molar-refractivity contribution in [2.75, 3.05) is 12.3 Å². The molecule has 9 heteroatoms.